The van der Waals surface area contributed by atoms with E-state index < -0.39 is 22.3 Å². The molecule has 0 bridgehead atoms. The van der Waals surface area contributed by atoms with Gasteiger partial charge in [0.05, 0.1) is 18.1 Å². The minimum Gasteiger partial charge on any atom is -0.493 e. The van der Waals surface area contributed by atoms with Crippen molar-refractivity contribution in [3.8, 4) is 17.2 Å². The number of rotatable bonds is 8. The monoisotopic (exact) mass is 404 g/mol. The number of halogens is 1. The zero-order chi connectivity index (χ0) is 20.8. The molecule has 0 heterocycles. The Morgan fingerprint density at radius 3 is 2.62 bits per heavy atom. The third-order valence-electron chi connectivity index (χ3n) is 4.53. The van der Waals surface area contributed by atoms with Crippen LogP contribution in [0.15, 0.2) is 36.4 Å². The lowest BCUT2D eigenvalue weighted by Gasteiger charge is -2.17. The second-order valence-electron chi connectivity index (χ2n) is 6.60. The summed E-state index contributed by atoms with van der Waals surface area (Å²) in [7, 11) is 1.55. The van der Waals surface area contributed by atoms with Crippen molar-refractivity contribution in [2.24, 2.45) is 0 Å². The number of hydrogen-bond acceptors (Lipinski definition) is 6. The van der Waals surface area contributed by atoms with E-state index in [1.807, 2.05) is 0 Å². The Balaban J connectivity index is 1.60. The van der Waals surface area contributed by atoms with E-state index in [4.69, 9.17) is 14.2 Å². The van der Waals surface area contributed by atoms with Gasteiger partial charge in [0.2, 0.25) is 5.82 Å². The molecule has 0 radical (unpaired) electrons. The molecule has 2 aromatic rings. The van der Waals surface area contributed by atoms with E-state index in [1.165, 1.54) is 6.07 Å². The Morgan fingerprint density at radius 2 is 1.97 bits per heavy atom. The van der Waals surface area contributed by atoms with E-state index in [0.29, 0.717) is 17.2 Å². The maximum Gasteiger partial charge on any atom is 0.305 e. The van der Waals surface area contributed by atoms with Crippen molar-refractivity contribution in [3.63, 3.8) is 0 Å². The topological polar surface area (TPSA) is 99.9 Å². The number of nitro benzene ring substituents is 1. The number of carbonyl (C=O) groups excluding carboxylic acids is 1. The van der Waals surface area contributed by atoms with Crippen molar-refractivity contribution >= 4 is 17.3 Å². The van der Waals surface area contributed by atoms with Gasteiger partial charge in [0.15, 0.2) is 18.1 Å². The van der Waals surface area contributed by atoms with Crippen LogP contribution in [-0.2, 0) is 4.79 Å². The molecule has 1 saturated carbocycles. The minimum absolute atomic E-state index is 0.0169. The summed E-state index contributed by atoms with van der Waals surface area (Å²) in [6.07, 6.45) is 4.36. The van der Waals surface area contributed by atoms with E-state index in [0.717, 1.165) is 37.8 Å². The van der Waals surface area contributed by atoms with E-state index in [9.17, 15) is 19.3 Å². The summed E-state index contributed by atoms with van der Waals surface area (Å²) in [6, 6.07) is 8.14. The molecule has 0 saturated heterocycles. The van der Waals surface area contributed by atoms with Gasteiger partial charge in [-0.2, -0.15) is 4.39 Å². The summed E-state index contributed by atoms with van der Waals surface area (Å²) >= 11 is 0. The van der Waals surface area contributed by atoms with Crippen LogP contribution in [-0.4, -0.2) is 30.7 Å². The van der Waals surface area contributed by atoms with Gasteiger partial charge in [-0.3, -0.25) is 14.9 Å². The highest BCUT2D eigenvalue weighted by Gasteiger charge is 2.19. The van der Waals surface area contributed by atoms with Gasteiger partial charge in [0, 0.05) is 23.9 Å². The molecule has 9 heteroatoms. The number of methoxy groups -OCH3 is 1. The third kappa shape index (κ3) is 5.34. The number of ether oxygens (including phenoxy) is 3. The fourth-order valence-corrected chi connectivity index (χ4v) is 3.10. The van der Waals surface area contributed by atoms with Gasteiger partial charge in [-0.1, -0.05) is 0 Å². The minimum atomic E-state index is -1.03. The molecule has 1 aliphatic carbocycles. The molecule has 29 heavy (non-hydrogen) atoms. The lowest BCUT2D eigenvalue weighted by molar-refractivity contribution is -0.387. The first-order valence-electron chi connectivity index (χ1n) is 9.17. The number of carbonyl (C=O) groups is 1. The van der Waals surface area contributed by atoms with E-state index >= 15 is 0 Å². The summed E-state index contributed by atoms with van der Waals surface area (Å²) in [5.41, 5.74) is -0.155. The first kappa shape index (κ1) is 20.4. The first-order chi connectivity index (χ1) is 14.0. The van der Waals surface area contributed by atoms with Gasteiger partial charge in [-0.05, 0) is 43.9 Å². The second kappa shape index (κ2) is 9.22. The fraction of sp³-hybridized carbons (Fsp3) is 0.350. The van der Waals surface area contributed by atoms with Gasteiger partial charge in [0.1, 0.15) is 5.75 Å². The number of anilines is 1. The fourth-order valence-electron chi connectivity index (χ4n) is 3.10. The van der Waals surface area contributed by atoms with Crippen LogP contribution in [0.4, 0.5) is 15.8 Å². The van der Waals surface area contributed by atoms with Crippen LogP contribution in [0.25, 0.3) is 0 Å². The van der Waals surface area contributed by atoms with Crippen molar-refractivity contribution in [1.29, 1.82) is 0 Å². The Bertz CT molecular complexity index is 899. The SMILES string of the molecule is COc1ccc(NC(=O)COc2ccc([N+](=O)[O-])c(F)c2)cc1OC1CCCC1. The highest BCUT2D eigenvalue weighted by atomic mass is 19.1. The third-order valence-corrected chi connectivity index (χ3v) is 4.53. The van der Waals surface area contributed by atoms with Gasteiger partial charge < -0.3 is 19.5 Å². The lowest BCUT2D eigenvalue weighted by Crippen LogP contribution is -2.20. The van der Waals surface area contributed by atoms with Crippen molar-refractivity contribution < 1.29 is 28.3 Å². The molecular weight excluding hydrogens is 383 g/mol. The quantitative estimate of drug-likeness (QED) is 0.526. The van der Waals surface area contributed by atoms with Crippen LogP contribution in [0, 0.1) is 15.9 Å². The normalized spacial score (nSPS) is 13.7. The van der Waals surface area contributed by atoms with Crippen molar-refractivity contribution in [3.05, 3.63) is 52.3 Å². The standard InChI is InChI=1S/C20H21FN2O6/c1-27-18-9-6-13(10-19(18)29-14-4-2-3-5-14)22-20(24)12-28-15-7-8-17(23(25)26)16(21)11-15/h6-11,14H,2-5,12H2,1H3,(H,22,24). The molecule has 1 fully saturated rings. The van der Waals surface area contributed by atoms with Gasteiger partial charge in [-0.25, -0.2) is 0 Å². The molecule has 0 atom stereocenters. The highest BCUT2D eigenvalue weighted by Crippen LogP contribution is 2.34. The van der Waals surface area contributed by atoms with Crippen LogP contribution >= 0.6 is 0 Å². The van der Waals surface area contributed by atoms with Crippen LogP contribution in [0.2, 0.25) is 0 Å². The highest BCUT2D eigenvalue weighted by molar-refractivity contribution is 5.92. The molecule has 0 spiro atoms. The number of amides is 1. The number of nitrogens with zero attached hydrogens (tertiary/aromatic N) is 1. The summed E-state index contributed by atoms with van der Waals surface area (Å²) in [6.45, 7) is -0.387. The summed E-state index contributed by atoms with van der Waals surface area (Å²) in [5, 5.41) is 13.3. The molecule has 2 aromatic carbocycles. The van der Waals surface area contributed by atoms with Crippen LogP contribution < -0.4 is 19.5 Å². The molecule has 3 rings (SSSR count). The van der Waals surface area contributed by atoms with E-state index in [2.05, 4.69) is 5.32 Å². The predicted octanol–water partition coefficient (Wildman–Crippen LogP) is 4.08. The Hall–Kier alpha value is -3.36. The van der Waals surface area contributed by atoms with E-state index in [-0.39, 0.29) is 18.5 Å². The number of benzene rings is 2. The van der Waals surface area contributed by atoms with Gasteiger partial charge in [0.25, 0.3) is 5.91 Å². The number of hydrogen-bond donors (Lipinski definition) is 1. The molecular formula is C20H21FN2O6. The van der Waals surface area contributed by atoms with Crippen LogP contribution in [0.5, 0.6) is 17.2 Å². The summed E-state index contributed by atoms with van der Waals surface area (Å²) in [4.78, 5) is 21.9. The molecule has 0 aromatic heterocycles. The van der Waals surface area contributed by atoms with Crippen molar-refractivity contribution in [1.82, 2.24) is 0 Å². The maximum atomic E-state index is 13.6. The Kier molecular flexibility index (Phi) is 6.48. The zero-order valence-electron chi connectivity index (χ0n) is 15.9. The Labute approximate surface area is 166 Å². The van der Waals surface area contributed by atoms with Gasteiger partial charge in [-0.15, -0.1) is 0 Å². The lowest BCUT2D eigenvalue weighted by atomic mass is 10.2. The molecule has 1 amide bonds. The van der Waals surface area contributed by atoms with Crippen molar-refractivity contribution in [2.45, 2.75) is 31.8 Å². The maximum absolute atomic E-state index is 13.6. The smallest absolute Gasteiger partial charge is 0.305 e. The second-order valence-corrected chi connectivity index (χ2v) is 6.60. The molecule has 0 unspecified atom stereocenters. The number of nitrogens with one attached hydrogen (secondary N) is 1. The average molecular weight is 404 g/mol. The summed E-state index contributed by atoms with van der Waals surface area (Å²) < 4.78 is 30.1. The molecule has 1 aliphatic rings. The molecule has 8 nitrogen and oxygen atoms in total. The predicted molar refractivity (Wildman–Crippen MR) is 103 cm³/mol. The zero-order valence-corrected chi connectivity index (χ0v) is 15.9. The largest absolute Gasteiger partial charge is 0.493 e. The van der Waals surface area contributed by atoms with Crippen LogP contribution in [0.1, 0.15) is 25.7 Å². The molecule has 154 valence electrons. The Morgan fingerprint density at radius 1 is 1.21 bits per heavy atom. The summed E-state index contributed by atoms with van der Waals surface area (Å²) in [5.74, 6) is -0.358. The van der Waals surface area contributed by atoms with Crippen molar-refractivity contribution in [2.75, 3.05) is 19.0 Å². The number of nitro groups is 1. The van der Waals surface area contributed by atoms with Crippen LogP contribution in [0.3, 0.4) is 0 Å². The molecule has 0 aliphatic heterocycles. The van der Waals surface area contributed by atoms with Gasteiger partial charge >= 0.3 is 5.69 Å². The average Bonchev–Trinajstić information content (AvgIpc) is 3.19. The van der Waals surface area contributed by atoms with E-state index in [1.54, 1.807) is 25.3 Å². The first-order valence-corrected chi connectivity index (χ1v) is 9.17. The molecule has 1 N–H and O–H groups in total.